The van der Waals surface area contributed by atoms with E-state index < -0.39 is 5.97 Å². The van der Waals surface area contributed by atoms with Crippen molar-refractivity contribution in [3.63, 3.8) is 0 Å². The van der Waals surface area contributed by atoms with Crippen LogP contribution in [0.3, 0.4) is 0 Å². The highest BCUT2D eigenvalue weighted by Gasteiger charge is 2.30. The van der Waals surface area contributed by atoms with Gasteiger partial charge in [-0.2, -0.15) is 0 Å². The van der Waals surface area contributed by atoms with E-state index in [0.717, 1.165) is 21.8 Å². The molecule has 0 atom stereocenters. The number of nitrogens with zero attached hydrogens (tertiary/aromatic N) is 1. The topological polar surface area (TPSA) is 72.9 Å². The van der Waals surface area contributed by atoms with E-state index in [9.17, 15) is 14.4 Å². The summed E-state index contributed by atoms with van der Waals surface area (Å²) in [5, 5.41) is 0. The molecule has 0 bridgehead atoms. The summed E-state index contributed by atoms with van der Waals surface area (Å²) >= 11 is 0. The number of hydrogen-bond acceptors (Lipinski definition) is 5. The summed E-state index contributed by atoms with van der Waals surface area (Å²) in [5.74, 6) is -0.278. The Morgan fingerprint density at radius 2 is 1.74 bits per heavy atom. The lowest BCUT2D eigenvalue weighted by molar-refractivity contribution is -0.121. The lowest BCUT2D eigenvalue weighted by atomic mass is 10.1. The lowest BCUT2D eigenvalue weighted by Gasteiger charge is -2.14. The Balaban J connectivity index is 1.57. The van der Waals surface area contributed by atoms with E-state index in [-0.39, 0.29) is 43.4 Å². The highest BCUT2D eigenvalue weighted by Crippen LogP contribution is 2.24. The van der Waals surface area contributed by atoms with Crippen LogP contribution in [0.5, 0.6) is 5.75 Å². The molecular weight excluding hydrogens is 346 g/mol. The molecule has 6 heteroatoms. The van der Waals surface area contributed by atoms with Crippen LogP contribution in [0.4, 0.5) is 5.69 Å². The van der Waals surface area contributed by atoms with Crippen molar-refractivity contribution in [1.29, 1.82) is 0 Å². The van der Waals surface area contributed by atoms with Gasteiger partial charge in [0.25, 0.3) is 0 Å². The Bertz CT molecular complexity index is 874. The minimum Gasteiger partial charge on any atom is -0.490 e. The molecule has 2 aromatic rings. The van der Waals surface area contributed by atoms with Crippen molar-refractivity contribution >= 4 is 23.5 Å². The van der Waals surface area contributed by atoms with E-state index >= 15 is 0 Å². The number of carbonyl (C=O) groups is 3. The molecule has 2 aromatic carbocycles. The number of rotatable bonds is 6. The van der Waals surface area contributed by atoms with Crippen molar-refractivity contribution in [2.24, 2.45) is 0 Å². The van der Waals surface area contributed by atoms with Gasteiger partial charge in [-0.1, -0.05) is 18.2 Å². The van der Waals surface area contributed by atoms with Crippen LogP contribution in [0.2, 0.25) is 0 Å². The second-order valence-electron chi connectivity index (χ2n) is 6.43. The molecule has 140 valence electrons. The summed E-state index contributed by atoms with van der Waals surface area (Å²) in [6.45, 7) is 4.26. The number of imide groups is 1. The highest BCUT2D eigenvalue weighted by molar-refractivity contribution is 6.20. The van der Waals surface area contributed by atoms with Crippen molar-refractivity contribution in [2.45, 2.75) is 26.7 Å². The molecular formula is C21H21NO5. The molecule has 0 aromatic heterocycles. The molecule has 1 saturated heterocycles. The molecule has 0 aliphatic carbocycles. The number of carbonyl (C=O) groups excluding carboxylic acids is 3. The largest absolute Gasteiger partial charge is 0.490 e. The molecule has 1 aliphatic rings. The van der Waals surface area contributed by atoms with Gasteiger partial charge in [-0.15, -0.1) is 0 Å². The first-order chi connectivity index (χ1) is 13.0. The summed E-state index contributed by atoms with van der Waals surface area (Å²) in [5.41, 5.74) is 2.78. The minimum atomic E-state index is -0.527. The Hall–Kier alpha value is -3.15. The van der Waals surface area contributed by atoms with Crippen LogP contribution < -0.4 is 9.64 Å². The van der Waals surface area contributed by atoms with Gasteiger partial charge in [0.1, 0.15) is 19.0 Å². The Morgan fingerprint density at radius 1 is 1.00 bits per heavy atom. The molecule has 6 nitrogen and oxygen atoms in total. The lowest BCUT2D eigenvalue weighted by Crippen LogP contribution is -2.28. The fraction of sp³-hybridized carbons (Fsp3) is 0.286. The Kier molecular flexibility index (Phi) is 5.54. The average molecular weight is 367 g/mol. The van der Waals surface area contributed by atoms with E-state index in [2.05, 4.69) is 0 Å². The molecule has 27 heavy (non-hydrogen) atoms. The van der Waals surface area contributed by atoms with Gasteiger partial charge < -0.3 is 9.47 Å². The molecule has 2 amide bonds. The first-order valence-electron chi connectivity index (χ1n) is 8.79. The van der Waals surface area contributed by atoms with Crippen molar-refractivity contribution in [2.75, 3.05) is 18.1 Å². The number of benzene rings is 2. The monoisotopic (exact) mass is 367 g/mol. The van der Waals surface area contributed by atoms with Crippen LogP contribution in [0.15, 0.2) is 42.5 Å². The van der Waals surface area contributed by atoms with Crippen LogP contribution in [0.25, 0.3) is 0 Å². The molecule has 3 rings (SSSR count). The predicted molar refractivity (Wildman–Crippen MR) is 99.9 cm³/mol. The number of amides is 2. The summed E-state index contributed by atoms with van der Waals surface area (Å²) < 4.78 is 10.9. The van der Waals surface area contributed by atoms with Gasteiger partial charge in [0.15, 0.2) is 0 Å². The number of aryl methyl sites for hydroxylation is 2. The maximum atomic E-state index is 12.2. The average Bonchev–Trinajstić information content (AvgIpc) is 2.99. The zero-order chi connectivity index (χ0) is 19.4. The predicted octanol–water partition coefficient (Wildman–Crippen LogP) is 3.19. The standard InChI is InChI=1S/C21H21NO5/c1-14-6-7-15(2)18(12-14)26-10-11-27-21(25)16-4-3-5-17(13-16)22-19(23)8-9-20(22)24/h3-7,12-13H,8-11H2,1-2H3. The summed E-state index contributed by atoms with van der Waals surface area (Å²) in [6.07, 6.45) is 0.395. The second-order valence-corrected chi connectivity index (χ2v) is 6.43. The molecule has 0 N–H and O–H groups in total. The third-order valence-corrected chi connectivity index (χ3v) is 4.31. The third kappa shape index (κ3) is 4.34. The molecule has 1 fully saturated rings. The maximum absolute atomic E-state index is 12.2. The van der Waals surface area contributed by atoms with Gasteiger partial charge in [0.05, 0.1) is 11.3 Å². The Morgan fingerprint density at radius 3 is 2.48 bits per heavy atom. The van der Waals surface area contributed by atoms with E-state index in [4.69, 9.17) is 9.47 Å². The first-order valence-corrected chi connectivity index (χ1v) is 8.79. The van der Waals surface area contributed by atoms with Crippen molar-refractivity contribution in [3.8, 4) is 5.75 Å². The molecule has 0 saturated carbocycles. The van der Waals surface area contributed by atoms with Crippen molar-refractivity contribution in [3.05, 3.63) is 59.2 Å². The van der Waals surface area contributed by atoms with Crippen LogP contribution in [-0.2, 0) is 14.3 Å². The van der Waals surface area contributed by atoms with Gasteiger partial charge in [-0.25, -0.2) is 4.79 Å². The van der Waals surface area contributed by atoms with E-state index in [1.165, 1.54) is 6.07 Å². The quantitative estimate of drug-likeness (QED) is 0.445. The summed E-state index contributed by atoms with van der Waals surface area (Å²) in [7, 11) is 0. The minimum absolute atomic E-state index is 0.0953. The van der Waals surface area contributed by atoms with E-state index in [1.807, 2.05) is 32.0 Å². The van der Waals surface area contributed by atoms with Gasteiger partial charge in [0.2, 0.25) is 11.8 Å². The highest BCUT2D eigenvalue weighted by atomic mass is 16.6. The number of ether oxygens (including phenoxy) is 2. The normalized spacial score (nSPS) is 13.8. The number of hydrogen-bond donors (Lipinski definition) is 0. The van der Waals surface area contributed by atoms with Gasteiger partial charge in [0, 0.05) is 12.8 Å². The zero-order valence-corrected chi connectivity index (χ0v) is 15.4. The smallest absolute Gasteiger partial charge is 0.338 e. The van der Waals surface area contributed by atoms with Crippen LogP contribution in [-0.4, -0.2) is 31.0 Å². The van der Waals surface area contributed by atoms with Crippen LogP contribution in [0.1, 0.15) is 34.3 Å². The van der Waals surface area contributed by atoms with Gasteiger partial charge in [-0.05, 0) is 49.2 Å². The van der Waals surface area contributed by atoms with E-state index in [0.29, 0.717) is 5.69 Å². The molecule has 0 spiro atoms. The second kappa shape index (κ2) is 8.03. The number of esters is 1. The number of anilines is 1. The molecule has 1 aliphatic heterocycles. The summed E-state index contributed by atoms with van der Waals surface area (Å²) in [4.78, 5) is 37.0. The third-order valence-electron chi connectivity index (χ3n) is 4.31. The SMILES string of the molecule is Cc1ccc(C)c(OCCOC(=O)c2cccc(N3C(=O)CCC3=O)c2)c1. The van der Waals surface area contributed by atoms with Crippen molar-refractivity contribution < 1.29 is 23.9 Å². The molecule has 0 radical (unpaired) electrons. The fourth-order valence-electron chi connectivity index (χ4n) is 2.87. The molecule has 1 heterocycles. The maximum Gasteiger partial charge on any atom is 0.338 e. The van der Waals surface area contributed by atoms with Crippen LogP contribution >= 0.6 is 0 Å². The summed E-state index contributed by atoms with van der Waals surface area (Å²) in [6, 6.07) is 12.2. The first kappa shape index (κ1) is 18.6. The van der Waals surface area contributed by atoms with Crippen LogP contribution in [0, 0.1) is 13.8 Å². The van der Waals surface area contributed by atoms with Gasteiger partial charge >= 0.3 is 5.97 Å². The van der Waals surface area contributed by atoms with E-state index in [1.54, 1.807) is 18.2 Å². The van der Waals surface area contributed by atoms with Gasteiger partial charge in [-0.3, -0.25) is 14.5 Å². The van der Waals surface area contributed by atoms with Crippen molar-refractivity contribution in [1.82, 2.24) is 0 Å². The molecule has 0 unspecified atom stereocenters. The zero-order valence-electron chi connectivity index (χ0n) is 15.4. The Labute approximate surface area is 157 Å². The fourth-order valence-corrected chi connectivity index (χ4v) is 2.87.